The summed E-state index contributed by atoms with van der Waals surface area (Å²) in [5.41, 5.74) is 0. The first-order valence-corrected chi connectivity index (χ1v) is 7.88. The van der Waals surface area contributed by atoms with Crippen molar-refractivity contribution in [3.05, 3.63) is 17.0 Å². The van der Waals surface area contributed by atoms with Crippen molar-refractivity contribution in [2.24, 2.45) is 0 Å². The Bertz CT molecular complexity index is 444. The number of methoxy groups -OCH3 is 1. The molecule has 1 heterocycles. The van der Waals surface area contributed by atoms with E-state index < -0.39 is 10.0 Å². The van der Waals surface area contributed by atoms with Crippen molar-refractivity contribution >= 4 is 33.0 Å². The number of thiophene rings is 1. The third kappa shape index (κ3) is 4.93. The topological polar surface area (TPSA) is 55.4 Å². The molecule has 0 saturated heterocycles. The van der Waals surface area contributed by atoms with Gasteiger partial charge in [0, 0.05) is 18.5 Å². The molecular formula is C10H16ClNO3S2. The molecule has 1 rings (SSSR count). The monoisotopic (exact) mass is 297 g/mol. The van der Waals surface area contributed by atoms with Crippen LogP contribution in [-0.2, 0) is 14.8 Å². The fourth-order valence-corrected chi connectivity index (χ4v) is 3.85. The molecule has 0 amide bonds. The molecule has 0 radical (unpaired) electrons. The molecular weight excluding hydrogens is 282 g/mol. The lowest BCUT2D eigenvalue weighted by atomic mass is 10.3. The van der Waals surface area contributed by atoms with Gasteiger partial charge in [-0.25, -0.2) is 13.1 Å². The van der Waals surface area contributed by atoms with Gasteiger partial charge in [-0.05, 0) is 25.5 Å². The maximum absolute atomic E-state index is 11.8. The van der Waals surface area contributed by atoms with Gasteiger partial charge in [-0.15, -0.1) is 22.9 Å². The minimum absolute atomic E-state index is 0.173. The van der Waals surface area contributed by atoms with Gasteiger partial charge in [0.2, 0.25) is 10.0 Å². The smallest absolute Gasteiger partial charge is 0.250 e. The summed E-state index contributed by atoms with van der Waals surface area (Å²) in [7, 11) is -1.82. The van der Waals surface area contributed by atoms with Crippen molar-refractivity contribution < 1.29 is 13.2 Å². The Labute approximate surface area is 111 Å². The zero-order valence-corrected chi connectivity index (χ0v) is 12.2. The highest BCUT2D eigenvalue weighted by Gasteiger charge is 2.16. The predicted molar refractivity (Wildman–Crippen MR) is 70.4 cm³/mol. The molecule has 0 aliphatic heterocycles. The van der Waals surface area contributed by atoms with E-state index in [-0.39, 0.29) is 5.38 Å². The average Bonchev–Trinajstić information content (AvgIpc) is 2.65. The normalized spacial score (nSPS) is 13.8. The Morgan fingerprint density at radius 3 is 2.76 bits per heavy atom. The van der Waals surface area contributed by atoms with Crippen LogP contribution in [0, 0.1) is 6.92 Å². The zero-order chi connectivity index (χ0) is 12.9. The minimum atomic E-state index is -3.38. The molecule has 0 saturated carbocycles. The van der Waals surface area contributed by atoms with Crippen LogP contribution in [0.15, 0.2) is 16.3 Å². The third-order valence-corrected chi connectivity index (χ3v) is 5.38. The SMILES string of the molecule is COCC(Cl)CCNS(=O)(=O)c1ccc(C)s1. The number of rotatable bonds is 7. The molecule has 0 fully saturated rings. The van der Waals surface area contributed by atoms with Gasteiger partial charge in [-0.2, -0.15) is 0 Å². The van der Waals surface area contributed by atoms with E-state index >= 15 is 0 Å². The molecule has 1 aromatic rings. The highest BCUT2D eigenvalue weighted by atomic mass is 35.5. The summed E-state index contributed by atoms with van der Waals surface area (Å²) in [6, 6.07) is 3.39. The summed E-state index contributed by atoms with van der Waals surface area (Å²) in [5, 5.41) is -0.173. The van der Waals surface area contributed by atoms with Gasteiger partial charge in [0.05, 0.1) is 12.0 Å². The van der Waals surface area contributed by atoms with E-state index in [1.54, 1.807) is 19.2 Å². The molecule has 7 heteroatoms. The van der Waals surface area contributed by atoms with E-state index in [2.05, 4.69) is 4.72 Å². The van der Waals surface area contributed by atoms with Crippen molar-refractivity contribution in [3.8, 4) is 0 Å². The predicted octanol–water partition coefficient (Wildman–Crippen LogP) is 1.98. The van der Waals surface area contributed by atoms with Crippen molar-refractivity contribution in [2.75, 3.05) is 20.3 Å². The maximum Gasteiger partial charge on any atom is 0.250 e. The second-order valence-corrected chi connectivity index (χ2v) is 7.50. The number of hydrogen-bond acceptors (Lipinski definition) is 4. The highest BCUT2D eigenvalue weighted by Crippen LogP contribution is 2.20. The zero-order valence-electron chi connectivity index (χ0n) is 9.77. The Morgan fingerprint density at radius 1 is 1.53 bits per heavy atom. The van der Waals surface area contributed by atoms with E-state index in [4.69, 9.17) is 16.3 Å². The van der Waals surface area contributed by atoms with E-state index in [9.17, 15) is 8.42 Å². The first-order chi connectivity index (χ1) is 7.95. The second-order valence-electron chi connectivity index (χ2n) is 3.60. The lowest BCUT2D eigenvalue weighted by molar-refractivity contribution is 0.196. The van der Waals surface area contributed by atoms with Crippen LogP contribution in [-0.4, -0.2) is 34.1 Å². The third-order valence-electron chi connectivity index (χ3n) is 2.08. The molecule has 1 unspecified atom stereocenters. The van der Waals surface area contributed by atoms with Gasteiger partial charge >= 0.3 is 0 Å². The highest BCUT2D eigenvalue weighted by molar-refractivity contribution is 7.91. The molecule has 0 aromatic carbocycles. The van der Waals surface area contributed by atoms with E-state index in [1.807, 2.05) is 6.92 Å². The first kappa shape index (κ1) is 14.9. The fraction of sp³-hybridized carbons (Fsp3) is 0.600. The summed E-state index contributed by atoms with van der Waals surface area (Å²) < 4.78 is 31.3. The molecule has 1 aromatic heterocycles. The van der Waals surface area contributed by atoms with Gasteiger partial charge in [0.15, 0.2) is 0 Å². The number of halogens is 1. The summed E-state index contributed by atoms with van der Waals surface area (Å²) in [6.45, 7) is 2.61. The Hall–Kier alpha value is -0.140. The number of alkyl halides is 1. The molecule has 0 spiro atoms. The van der Waals surface area contributed by atoms with Crippen LogP contribution in [0.5, 0.6) is 0 Å². The molecule has 1 atom stereocenters. The average molecular weight is 298 g/mol. The van der Waals surface area contributed by atoms with Crippen molar-refractivity contribution in [1.29, 1.82) is 0 Å². The lowest BCUT2D eigenvalue weighted by Crippen LogP contribution is -2.26. The standard InChI is InChI=1S/C10H16ClNO3S2/c1-8-3-4-10(16-8)17(13,14)12-6-5-9(11)7-15-2/h3-4,9,12H,5-7H2,1-2H3. The number of ether oxygens (including phenoxy) is 1. The molecule has 0 bridgehead atoms. The van der Waals surface area contributed by atoms with E-state index in [0.717, 1.165) is 4.88 Å². The van der Waals surface area contributed by atoms with Crippen LogP contribution in [0.25, 0.3) is 0 Å². The van der Waals surface area contributed by atoms with Crippen molar-refractivity contribution in [3.63, 3.8) is 0 Å². The Morgan fingerprint density at radius 2 is 2.24 bits per heavy atom. The van der Waals surface area contributed by atoms with Gasteiger partial charge in [-0.1, -0.05) is 0 Å². The van der Waals surface area contributed by atoms with Crippen LogP contribution in [0.2, 0.25) is 0 Å². The van der Waals surface area contributed by atoms with Gasteiger partial charge < -0.3 is 4.74 Å². The second kappa shape index (κ2) is 6.70. The summed E-state index contributed by atoms with van der Waals surface area (Å²) >= 11 is 7.16. The van der Waals surface area contributed by atoms with Crippen molar-refractivity contribution in [1.82, 2.24) is 4.72 Å². The number of hydrogen-bond donors (Lipinski definition) is 1. The first-order valence-electron chi connectivity index (χ1n) is 5.15. The number of nitrogens with one attached hydrogen (secondary N) is 1. The number of aryl methyl sites for hydroxylation is 1. The van der Waals surface area contributed by atoms with Gasteiger partial charge in [0.1, 0.15) is 4.21 Å². The fourth-order valence-electron chi connectivity index (χ4n) is 1.24. The van der Waals surface area contributed by atoms with E-state index in [1.165, 1.54) is 11.3 Å². The summed E-state index contributed by atoms with van der Waals surface area (Å²) in [4.78, 5) is 0.972. The molecule has 1 N–H and O–H groups in total. The molecule has 0 aliphatic rings. The van der Waals surface area contributed by atoms with Gasteiger partial charge in [-0.3, -0.25) is 0 Å². The van der Waals surface area contributed by atoms with Crippen LogP contribution < -0.4 is 4.72 Å². The van der Waals surface area contributed by atoms with Crippen molar-refractivity contribution in [2.45, 2.75) is 22.9 Å². The minimum Gasteiger partial charge on any atom is -0.383 e. The van der Waals surface area contributed by atoms with Crippen LogP contribution in [0.4, 0.5) is 0 Å². The Balaban J connectivity index is 2.46. The van der Waals surface area contributed by atoms with Gasteiger partial charge in [0.25, 0.3) is 0 Å². The Kier molecular flexibility index (Phi) is 5.88. The molecule has 98 valence electrons. The summed E-state index contributed by atoms with van der Waals surface area (Å²) in [6.07, 6.45) is 0.541. The largest absolute Gasteiger partial charge is 0.383 e. The quantitative estimate of drug-likeness (QED) is 0.783. The molecule has 0 aliphatic carbocycles. The number of sulfonamides is 1. The van der Waals surface area contributed by atoms with Crippen LogP contribution in [0.3, 0.4) is 0 Å². The molecule has 4 nitrogen and oxygen atoms in total. The molecule has 17 heavy (non-hydrogen) atoms. The van der Waals surface area contributed by atoms with Crippen LogP contribution >= 0.6 is 22.9 Å². The maximum atomic E-state index is 11.8. The summed E-state index contributed by atoms with van der Waals surface area (Å²) in [5.74, 6) is 0. The van der Waals surface area contributed by atoms with Crippen LogP contribution in [0.1, 0.15) is 11.3 Å². The lowest BCUT2D eigenvalue weighted by Gasteiger charge is -2.08. The van der Waals surface area contributed by atoms with E-state index in [0.29, 0.717) is 23.8 Å².